The average molecular weight is 163 g/mol. The van der Waals surface area contributed by atoms with Crippen molar-refractivity contribution < 1.29 is 18.9 Å². The molecule has 0 spiro atoms. The summed E-state index contributed by atoms with van der Waals surface area (Å²) in [5.41, 5.74) is 3.39. The van der Waals surface area contributed by atoms with E-state index in [9.17, 15) is 0 Å². The summed E-state index contributed by atoms with van der Waals surface area (Å²) in [6.07, 6.45) is 0. The van der Waals surface area contributed by atoms with Crippen LogP contribution in [0.1, 0.15) is 11.3 Å². The van der Waals surface area contributed by atoms with Crippen LogP contribution in [0.15, 0.2) is 24.3 Å². The number of benzene rings is 1. The number of rotatable bonds is 0. The topological polar surface area (TPSA) is 12.9 Å². The Morgan fingerprint density at radius 1 is 1.31 bits per heavy atom. The third-order valence-electron chi connectivity index (χ3n) is 1.99. The zero-order chi connectivity index (χ0) is 8.55. The first-order chi connectivity index (χ1) is 5.77. The van der Waals surface area contributed by atoms with Crippen LogP contribution in [-0.2, 0) is 0 Å². The van der Waals surface area contributed by atoms with E-state index in [1.54, 1.807) is 0 Å². The SMILES string of the molecule is Cc1cc(C)c2cc[c-]cc2n1.[Li+]. The fraction of sp³-hybridized carbons (Fsp3) is 0.182. The summed E-state index contributed by atoms with van der Waals surface area (Å²) < 4.78 is 0. The second-order valence-corrected chi connectivity index (χ2v) is 3.02. The molecule has 1 heterocycles. The predicted molar refractivity (Wildman–Crippen MR) is 50.1 cm³/mol. The summed E-state index contributed by atoms with van der Waals surface area (Å²) in [7, 11) is 0. The van der Waals surface area contributed by atoms with E-state index in [2.05, 4.69) is 30.1 Å². The number of nitrogens with zero attached hydrogens (tertiary/aromatic N) is 1. The first kappa shape index (κ1) is 10.3. The molecule has 1 aromatic carbocycles. The number of aryl methyl sites for hydroxylation is 2. The van der Waals surface area contributed by atoms with Crippen molar-refractivity contribution in [1.82, 2.24) is 4.98 Å². The maximum atomic E-state index is 4.41. The first-order valence-corrected chi connectivity index (χ1v) is 4.01. The van der Waals surface area contributed by atoms with Crippen LogP contribution in [0.3, 0.4) is 0 Å². The molecule has 60 valence electrons. The average Bonchev–Trinajstić information content (AvgIpc) is 2.04. The summed E-state index contributed by atoms with van der Waals surface area (Å²) in [5, 5.41) is 1.22. The normalized spacial score (nSPS) is 9.69. The number of aromatic nitrogens is 1. The molecular weight excluding hydrogens is 153 g/mol. The van der Waals surface area contributed by atoms with Crippen molar-refractivity contribution in [2.75, 3.05) is 0 Å². The van der Waals surface area contributed by atoms with Crippen LogP contribution in [0.25, 0.3) is 10.9 Å². The van der Waals surface area contributed by atoms with Gasteiger partial charge in [-0.2, -0.15) is 24.3 Å². The number of hydrogen-bond donors (Lipinski definition) is 0. The maximum absolute atomic E-state index is 4.41. The summed E-state index contributed by atoms with van der Waals surface area (Å²) in [4.78, 5) is 4.41. The monoisotopic (exact) mass is 163 g/mol. The molecule has 0 amide bonds. The van der Waals surface area contributed by atoms with Crippen molar-refractivity contribution >= 4 is 10.9 Å². The van der Waals surface area contributed by atoms with Gasteiger partial charge in [-0.15, -0.1) is 5.39 Å². The first-order valence-electron chi connectivity index (χ1n) is 4.01. The van der Waals surface area contributed by atoms with Gasteiger partial charge in [-0.25, -0.2) is 0 Å². The van der Waals surface area contributed by atoms with Gasteiger partial charge in [0, 0.05) is 5.69 Å². The van der Waals surface area contributed by atoms with Crippen molar-refractivity contribution in [1.29, 1.82) is 0 Å². The molecular formula is C11H10LiN. The van der Waals surface area contributed by atoms with E-state index >= 15 is 0 Å². The Labute approximate surface area is 90.4 Å². The molecule has 0 radical (unpaired) electrons. The minimum atomic E-state index is 0. The molecule has 0 aliphatic heterocycles. The third-order valence-corrected chi connectivity index (χ3v) is 1.99. The van der Waals surface area contributed by atoms with Crippen LogP contribution in [0.4, 0.5) is 0 Å². The Bertz CT molecular complexity index is 423. The van der Waals surface area contributed by atoms with Gasteiger partial charge in [0.15, 0.2) is 0 Å². The van der Waals surface area contributed by atoms with E-state index in [1.807, 2.05) is 19.1 Å². The Morgan fingerprint density at radius 2 is 2.08 bits per heavy atom. The zero-order valence-corrected chi connectivity index (χ0v) is 8.26. The molecule has 2 aromatic rings. The standard InChI is InChI=1S/C11H10N.Li/c1-8-7-9(2)12-11-6-4-3-5-10(8)11;/h3,5-7H,1-2H3;/q-1;+1. The molecule has 13 heavy (non-hydrogen) atoms. The molecule has 2 rings (SSSR count). The van der Waals surface area contributed by atoms with Gasteiger partial charge in [0.2, 0.25) is 0 Å². The molecule has 0 N–H and O–H groups in total. The Hall–Kier alpha value is -0.773. The number of hydrogen-bond acceptors (Lipinski definition) is 1. The van der Waals surface area contributed by atoms with Gasteiger partial charge in [0.05, 0.1) is 0 Å². The number of fused-ring (bicyclic) bond motifs is 1. The van der Waals surface area contributed by atoms with E-state index in [0.29, 0.717) is 0 Å². The van der Waals surface area contributed by atoms with Gasteiger partial charge in [0.1, 0.15) is 0 Å². The quantitative estimate of drug-likeness (QED) is 0.382. The smallest absolute Gasteiger partial charge is 0.318 e. The van der Waals surface area contributed by atoms with E-state index in [0.717, 1.165) is 11.2 Å². The van der Waals surface area contributed by atoms with E-state index in [-0.39, 0.29) is 18.9 Å². The van der Waals surface area contributed by atoms with Gasteiger partial charge in [-0.3, -0.25) is 0 Å². The second-order valence-electron chi connectivity index (χ2n) is 3.02. The van der Waals surface area contributed by atoms with Crippen LogP contribution < -0.4 is 18.9 Å². The van der Waals surface area contributed by atoms with Gasteiger partial charge < -0.3 is 4.98 Å². The van der Waals surface area contributed by atoms with Gasteiger partial charge in [-0.1, -0.05) is 5.56 Å². The fourth-order valence-electron chi connectivity index (χ4n) is 1.46. The van der Waals surface area contributed by atoms with Crippen LogP contribution in [-0.4, -0.2) is 4.98 Å². The second kappa shape index (κ2) is 3.96. The van der Waals surface area contributed by atoms with Crippen LogP contribution in [0.2, 0.25) is 0 Å². The molecule has 0 atom stereocenters. The minimum absolute atomic E-state index is 0. The Balaban J connectivity index is 0.000000845. The molecule has 2 heteroatoms. The fourth-order valence-corrected chi connectivity index (χ4v) is 1.46. The molecule has 0 fully saturated rings. The molecule has 0 saturated heterocycles. The van der Waals surface area contributed by atoms with Crippen LogP contribution in [0.5, 0.6) is 0 Å². The van der Waals surface area contributed by atoms with Gasteiger partial charge in [-0.05, 0) is 25.4 Å². The predicted octanol–water partition coefficient (Wildman–Crippen LogP) is -0.344. The van der Waals surface area contributed by atoms with Gasteiger partial charge >= 0.3 is 18.9 Å². The Morgan fingerprint density at radius 3 is 2.85 bits per heavy atom. The van der Waals surface area contributed by atoms with Crippen LogP contribution >= 0.6 is 0 Å². The molecule has 0 unspecified atom stereocenters. The number of pyridine rings is 1. The van der Waals surface area contributed by atoms with E-state index in [1.165, 1.54) is 10.9 Å². The van der Waals surface area contributed by atoms with Crippen molar-refractivity contribution in [3.8, 4) is 0 Å². The molecule has 0 aliphatic rings. The van der Waals surface area contributed by atoms with Crippen molar-refractivity contribution in [3.63, 3.8) is 0 Å². The molecule has 1 nitrogen and oxygen atoms in total. The Kier molecular flexibility index (Phi) is 3.14. The molecule has 0 saturated carbocycles. The molecule has 1 aromatic heterocycles. The summed E-state index contributed by atoms with van der Waals surface area (Å²) >= 11 is 0. The van der Waals surface area contributed by atoms with Gasteiger partial charge in [0.25, 0.3) is 0 Å². The molecule has 0 aliphatic carbocycles. The minimum Gasteiger partial charge on any atom is -0.318 e. The molecule has 0 bridgehead atoms. The summed E-state index contributed by atoms with van der Waals surface area (Å²) in [5.74, 6) is 0. The third kappa shape index (κ3) is 1.93. The van der Waals surface area contributed by atoms with E-state index < -0.39 is 0 Å². The van der Waals surface area contributed by atoms with Crippen molar-refractivity contribution in [2.24, 2.45) is 0 Å². The van der Waals surface area contributed by atoms with E-state index in [4.69, 9.17) is 0 Å². The van der Waals surface area contributed by atoms with Crippen molar-refractivity contribution in [3.05, 3.63) is 41.6 Å². The van der Waals surface area contributed by atoms with Crippen molar-refractivity contribution in [2.45, 2.75) is 13.8 Å². The zero-order valence-electron chi connectivity index (χ0n) is 8.26. The van der Waals surface area contributed by atoms with Crippen LogP contribution in [0, 0.1) is 19.9 Å². The summed E-state index contributed by atoms with van der Waals surface area (Å²) in [6, 6.07) is 11.0. The summed E-state index contributed by atoms with van der Waals surface area (Å²) in [6.45, 7) is 4.12. The largest absolute Gasteiger partial charge is 1.00 e. The maximum Gasteiger partial charge on any atom is 1.00 e.